The van der Waals surface area contributed by atoms with Gasteiger partial charge in [0, 0.05) is 19.2 Å². The minimum absolute atomic E-state index is 0.0437. The van der Waals surface area contributed by atoms with Gasteiger partial charge in [-0.1, -0.05) is 13.8 Å². The standard InChI is InChI=1S/C10H15N3O/c1-7-4-13(5-8(7)2)9-3-10(14)12-6-11-9/h3,6-8H,4-5H2,1-2H3,(H,11,12,14). The number of hydrogen-bond acceptors (Lipinski definition) is 4. The topological polar surface area (TPSA) is 49.2 Å². The van der Waals surface area contributed by atoms with Crippen LogP contribution in [0.1, 0.15) is 13.8 Å². The van der Waals surface area contributed by atoms with Crippen LogP contribution < -0.4 is 4.90 Å². The van der Waals surface area contributed by atoms with Crippen molar-refractivity contribution in [2.45, 2.75) is 13.8 Å². The highest BCUT2D eigenvalue weighted by molar-refractivity contribution is 5.41. The fourth-order valence-electron chi connectivity index (χ4n) is 1.83. The second kappa shape index (κ2) is 3.44. The van der Waals surface area contributed by atoms with Gasteiger partial charge in [-0.05, 0) is 11.8 Å². The third kappa shape index (κ3) is 1.64. The maximum atomic E-state index is 9.23. The predicted octanol–water partition coefficient (Wildman–Crippen LogP) is 1.27. The van der Waals surface area contributed by atoms with E-state index in [4.69, 9.17) is 0 Å². The van der Waals surface area contributed by atoms with E-state index in [0.717, 1.165) is 18.9 Å². The van der Waals surface area contributed by atoms with Crippen LogP contribution in [-0.4, -0.2) is 28.2 Å². The minimum atomic E-state index is 0.0437. The Balaban J connectivity index is 2.17. The van der Waals surface area contributed by atoms with Crippen LogP contribution in [0.2, 0.25) is 0 Å². The van der Waals surface area contributed by atoms with Gasteiger partial charge >= 0.3 is 0 Å². The highest BCUT2D eigenvalue weighted by Crippen LogP contribution is 2.26. The molecule has 1 aliphatic rings. The molecule has 0 radical (unpaired) electrons. The summed E-state index contributed by atoms with van der Waals surface area (Å²) in [7, 11) is 0. The molecule has 1 aliphatic heterocycles. The first kappa shape index (κ1) is 9.24. The van der Waals surface area contributed by atoms with Crippen LogP contribution in [-0.2, 0) is 0 Å². The summed E-state index contributed by atoms with van der Waals surface area (Å²) in [5.41, 5.74) is 0. The molecular formula is C10H15N3O. The molecule has 14 heavy (non-hydrogen) atoms. The molecule has 0 amide bonds. The lowest BCUT2D eigenvalue weighted by molar-refractivity contribution is 0.452. The van der Waals surface area contributed by atoms with Crippen LogP contribution in [0, 0.1) is 11.8 Å². The number of aromatic nitrogens is 2. The van der Waals surface area contributed by atoms with Crippen LogP contribution in [0.5, 0.6) is 5.88 Å². The number of aromatic hydroxyl groups is 1. The maximum absolute atomic E-state index is 9.23. The summed E-state index contributed by atoms with van der Waals surface area (Å²) >= 11 is 0. The molecule has 2 rings (SSSR count). The van der Waals surface area contributed by atoms with Crippen molar-refractivity contribution < 1.29 is 5.11 Å². The van der Waals surface area contributed by atoms with Crippen LogP contribution in [0.25, 0.3) is 0 Å². The van der Waals surface area contributed by atoms with Crippen molar-refractivity contribution >= 4 is 5.82 Å². The Morgan fingerprint density at radius 2 is 1.93 bits per heavy atom. The van der Waals surface area contributed by atoms with Gasteiger partial charge in [-0.25, -0.2) is 9.97 Å². The molecule has 0 spiro atoms. The monoisotopic (exact) mass is 193 g/mol. The number of rotatable bonds is 1. The molecule has 1 N–H and O–H groups in total. The van der Waals surface area contributed by atoms with Gasteiger partial charge in [0.2, 0.25) is 5.88 Å². The Kier molecular flexibility index (Phi) is 2.27. The first-order chi connectivity index (χ1) is 6.66. The lowest BCUT2D eigenvalue weighted by Crippen LogP contribution is -2.20. The van der Waals surface area contributed by atoms with E-state index in [0.29, 0.717) is 11.8 Å². The molecule has 2 heterocycles. The average molecular weight is 193 g/mol. The first-order valence-corrected chi connectivity index (χ1v) is 4.93. The van der Waals surface area contributed by atoms with E-state index in [1.54, 1.807) is 6.07 Å². The van der Waals surface area contributed by atoms with E-state index < -0.39 is 0 Å². The highest BCUT2D eigenvalue weighted by atomic mass is 16.3. The van der Waals surface area contributed by atoms with Crippen molar-refractivity contribution in [2.24, 2.45) is 11.8 Å². The van der Waals surface area contributed by atoms with Crippen molar-refractivity contribution in [1.82, 2.24) is 9.97 Å². The van der Waals surface area contributed by atoms with Gasteiger partial charge in [0.15, 0.2) is 0 Å². The van der Waals surface area contributed by atoms with Gasteiger partial charge < -0.3 is 10.0 Å². The van der Waals surface area contributed by atoms with Crippen molar-refractivity contribution in [3.63, 3.8) is 0 Å². The largest absolute Gasteiger partial charge is 0.493 e. The minimum Gasteiger partial charge on any atom is -0.493 e. The van der Waals surface area contributed by atoms with Crippen molar-refractivity contribution in [2.75, 3.05) is 18.0 Å². The molecule has 1 fully saturated rings. The van der Waals surface area contributed by atoms with Crippen LogP contribution in [0.3, 0.4) is 0 Å². The highest BCUT2D eigenvalue weighted by Gasteiger charge is 2.26. The first-order valence-electron chi connectivity index (χ1n) is 4.93. The molecule has 76 valence electrons. The molecule has 0 saturated carbocycles. The zero-order valence-electron chi connectivity index (χ0n) is 8.51. The van der Waals surface area contributed by atoms with Crippen molar-refractivity contribution in [3.8, 4) is 5.88 Å². The normalized spacial score (nSPS) is 26.9. The molecule has 1 aromatic rings. The second-order valence-corrected chi connectivity index (χ2v) is 4.09. The van der Waals surface area contributed by atoms with Crippen LogP contribution in [0.4, 0.5) is 5.82 Å². The summed E-state index contributed by atoms with van der Waals surface area (Å²) in [5.74, 6) is 2.25. The molecule has 2 unspecified atom stereocenters. The lowest BCUT2D eigenvalue weighted by Gasteiger charge is -2.16. The molecule has 1 saturated heterocycles. The van der Waals surface area contributed by atoms with Crippen molar-refractivity contribution in [3.05, 3.63) is 12.4 Å². The van der Waals surface area contributed by atoms with Gasteiger partial charge in [-0.3, -0.25) is 0 Å². The third-order valence-electron chi connectivity index (χ3n) is 2.95. The zero-order chi connectivity index (χ0) is 10.1. The average Bonchev–Trinajstić information content (AvgIpc) is 2.47. The number of hydrogen-bond donors (Lipinski definition) is 1. The molecular weight excluding hydrogens is 178 g/mol. The van der Waals surface area contributed by atoms with Crippen LogP contribution in [0.15, 0.2) is 12.4 Å². The Labute approximate surface area is 83.6 Å². The van der Waals surface area contributed by atoms with E-state index in [1.165, 1.54) is 6.33 Å². The number of nitrogens with zero attached hydrogens (tertiary/aromatic N) is 3. The third-order valence-corrected chi connectivity index (χ3v) is 2.95. The van der Waals surface area contributed by atoms with Crippen LogP contribution >= 0.6 is 0 Å². The lowest BCUT2D eigenvalue weighted by atomic mass is 10.0. The molecule has 4 heteroatoms. The van der Waals surface area contributed by atoms with Gasteiger partial charge in [0.25, 0.3) is 0 Å². The summed E-state index contributed by atoms with van der Waals surface area (Å²) < 4.78 is 0. The zero-order valence-corrected chi connectivity index (χ0v) is 8.51. The molecule has 0 aromatic carbocycles. The fraction of sp³-hybridized carbons (Fsp3) is 0.600. The quantitative estimate of drug-likeness (QED) is 0.729. The Morgan fingerprint density at radius 1 is 1.29 bits per heavy atom. The summed E-state index contributed by atoms with van der Waals surface area (Å²) in [5, 5.41) is 9.23. The fourth-order valence-corrected chi connectivity index (χ4v) is 1.83. The SMILES string of the molecule is CC1CN(c2cc(O)ncn2)CC1C. The summed E-state index contributed by atoms with van der Waals surface area (Å²) in [4.78, 5) is 10.0. The predicted molar refractivity (Wildman–Crippen MR) is 54.2 cm³/mol. The summed E-state index contributed by atoms with van der Waals surface area (Å²) in [6, 6.07) is 1.62. The smallest absolute Gasteiger partial charge is 0.215 e. The van der Waals surface area contributed by atoms with E-state index in [2.05, 4.69) is 28.7 Å². The van der Waals surface area contributed by atoms with Gasteiger partial charge in [-0.15, -0.1) is 0 Å². The summed E-state index contributed by atoms with van der Waals surface area (Å²) in [6.07, 6.45) is 1.40. The molecule has 1 aromatic heterocycles. The number of anilines is 1. The summed E-state index contributed by atoms with van der Waals surface area (Å²) in [6.45, 7) is 6.51. The van der Waals surface area contributed by atoms with E-state index in [1.807, 2.05) is 0 Å². The second-order valence-electron chi connectivity index (χ2n) is 4.09. The van der Waals surface area contributed by atoms with Gasteiger partial charge in [0.1, 0.15) is 12.1 Å². The Morgan fingerprint density at radius 3 is 2.50 bits per heavy atom. The molecule has 0 bridgehead atoms. The Bertz CT molecular complexity index is 319. The Hall–Kier alpha value is -1.32. The molecule has 2 atom stereocenters. The van der Waals surface area contributed by atoms with E-state index in [9.17, 15) is 5.11 Å². The van der Waals surface area contributed by atoms with Gasteiger partial charge in [-0.2, -0.15) is 0 Å². The van der Waals surface area contributed by atoms with E-state index >= 15 is 0 Å². The van der Waals surface area contributed by atoms with E-state index in [-0.39, 0.29) is 5.88 Å². The molecule has 0 aliphatic carbocycles. The maximum Gasteiger partial charge on any atom is 0.215 e. The van der Waals surface area contributed by atoms with Gasteiger partial charge in [0.05, 0.1) is 0 Å². The molecule has 4 nitrogen and oxygen atoms in total. The van der Waals surface area contributed by atoms with Crippen molar-refractivity contribution in [1.29, 1.82) is 0 Å².